The highest BCUT2D eigenvalue weighted by Gasteiger charge is 2.44. The summed E-state index contributed by atoms with van der Waals surface area (Å²) in [5.74, 6) is 5.20. The van der Waals surface area contributed by atoms with Gasteiger partial charge < -0.3 is 30.9 Å². The lowest BCUT2D eigenvalue weighted by Gasteiger charge is -2.22. The second-order valence-electron chi connectivity index (χ2n) is 6.29. The van der Waals surface area contributed by atoms with Crippen molar-refractivity contribution in [3.8, 4) is 0 Å². The number of hydrogen-bond donors (Lipinski definition) is 6. The third kappa shape index (κ3) is 3.91. The van der Waals surface area contributed by atoms with E-state index in [1.165, 1.54) is 17.2 Å². The van der Waals surface area contributed by atoms with Gasteiger partial charge >= 0.3 is 6.03 Å². The number of carbonyl (C=O) groups is 1. The van der Waals surface area contributed by atoms with Crippen LogP contribution in [0, 0.1) is 0 Å². The van der Waals surface area contributed by atoms with Gasteiger partial charge in [-0.2, -0.15) is 0 Å². The number of urea groups is 1. The topological polar surface area (TPSA) is 190 Å². The van der Waals surface area contributed by atoms with Crippen molar-refractivity contribution in [3.05, 3.63) is 12.7 Å². The Bertz CT molecular complexity index is 800. The second kappa shape index (κ2) is 7.98. The summed E-state index contributed by atoms with van der Waals surface area (Å²) < 4.78 is 7.38. The summed E-state index contributed by atoms with van der Waals surface area (Å²) in [7, 11) is 1.80. The van der Waals surface area contributed by atoms with Crippen molar-refractivity contribution >= 4 is 23.0 Å². The van der Waals surface area contributed by atoms with Crippen LogP contribution >= 0.6 is 0 Å². The number of hydrazine groups is 1. The maximum absolute atomic E-state index is 11.0. The van der Waals surface area contributed by atoms with E-state index >= 15 is 0 Å². The Morgan fingerprint density at radius 2 is 2.15 bits per heavy atom. The summed E-state index contributed by atoms with van der Waals surface area (Å²) in [4.78, 5) is 25.0. The Morgan fingerprint density at radius 3 is 2.89 bits per heavy atom. The number of anilines is 1. The summed E-state index contributed by atoms with van der Waals surface area (Å²) in [6.45, 7) is 1.19. The fourth-order valence-electron chi connectivity index (χ4n) is 2.98. The number of hydrogen-bond acceptors (Lipinski definition) is 10. The van der Waals surface area contributed by atoms with Gasteiger partial charge in [-0.3, -0.25) is 9.99 Å². The smallest absolute Gasteiger partial charge is 0.328 e. The van der Waals surface area contributed by atoms with Crippen LogP contribution in [0.3, 0.4) is 0 Å². The lowest BCUT2D eigenvalue weighted by Crippen LogP contribution is -2.44. The molecule has 1 aliphatic rings. The van der Waals surface area contributed by atoms with Crippen LogP contribution in [-0.4, -0.2) is 85.7 Å². The molecule has 0 aromatic carbocycles. The minimum atomic E-state index is -1.17. The van der Waals surface area contributed by atoms with Crippen molar-refractivity contribution in [2.45, 2.75) is 24.5 Å². The zero-order valence-corrected chi connectivity index (χ0v) is 14.7. The van der Waals surface area contributed by atoms with Crippen molar-refractivity contribution in [1.29, 1.82) is 0 Å². The number of nitrogen functional groups attached to an aromatic ring is 1. The van der Waals surface area contributed by atoms with Crippen molar-refractivity contribution in [1.82, 2.24) is 35.2 Å². The van der Waals surface area contributed by atoms with E-state index in [0.717, 1.165) is 0 Å². The van der Waals surface area contributed by atoms with E-state index in [9.17, 15) is 15.0 Å². The highest BCUT2D eigenvalue weighted by atomic mass is 16.6. The van der Waals surface area contributed by atoms with Gasteiger partial charge in [-0.05, 0) is 7.05 Å². The van der Waals surface area contributed by atoms with Crippen LogP contribution in [0.5, 0.6) is 0 Å². The zero-order chi connectivity index (χ0) is 19.6. The highest BCUT2D eigenvalue weighted by molar-refractivity contribution is 5.81. The first-order chi connectivity index (χ1) is 12.9. The number of ether oxygens (including phenoxy) is 1. The van der Waals surface area contributed by atoms with Gasteiger partial charge in [0.15, 0.2) is 17.7 Å². The minimum Gasteiger partial charge on any atom is -0.387 e. The van der Waals surface area contributed by atoms with Crippen molar-refractivity contribution in [2.75, 3.05) is 32.4 Å². The summed E-state index contributed by atoms with van der Waals surface area (Å²) >= 11 is 0. The summed E-state index contributed by atoms with van der Waals surface area (Å²) in [5.41, 5.74) is 8.55. The molecular formula is C14H23N9O4. The van der Waals surface area contributed by atoms with E-state index in [1.54, 1.807) is 7.05 Å². The Morgan fingerprint density at radius 1 is 1.37 bits per heavy atom. The molecule has 2 amide bonds. The summed E-state index contributed by atoms with van der Waals surface area (Å²) in [6, 6.07) is -0.482. The van der Waals surface area contributed by atoms with Gasteiger partial charge in [0.1, 0.15) is 30.2 Å². The molecule has 1 fully saturated rings. The van der Waals surface area contributed by atoms with Crippen LogP contribution in [0.2, 0.25) is 0 Å². The van der Waals surface area contributed by atoms with Gasteiger partial charge in [0, 0.05) is 19.6 Å². The molecule has 1 aliphatic heterocycles. The van der Waals surface area contributed by atoms with Crippen LogP contribution in [0.25, 0.3) is 11.2 Å². The van der Waals surface area contributed by atoms with Gasteiger partial charge in [0.2, 0.25) is 0 Å². The second-order valence-corrected chi connectivity index (χ2v) is 6.29. The SMILES string of the molecule is CN(CCNC(=O)NN)C[C@H]1O[C@@H](n2cnc3c(N)ncnc32)C(O)C1O. The number of aliphatic hydroxyl groups is 2. The standard InChI is InChI=1S/C14H23N9O4/c1-22(3-2-17-14(26)21-16)4-7-9(24)10(25)13(27-7)23-6-20-8-11(15)18-5-19-12(8)23/h5-7,9-10,13,24-25H,2-4,16H2,1H3,(H2,15,18,19)(H2,17,21,26)/t7-,9?,10?,13-/m1/s1. The molecule has 148 valence electrons. The first kappa shape index (κ1) is 19.2. The molecule has 0 saturated carbocycles. The third-order valence-corrected chi connectivity index (χ3v) is 4.40. The molecule has 13 nitrogen and oxygen atoms in total. The number of fused-ring (bicyclic) bond motifs is 1. The number of nitrogens with one attached hydrogen (secondary N) is 2. The van der Waals surface area contributed by atoms with E-state index in [2.05, 4.69) is 20.3 Å². The average Bonchev–Trinajstić information content (AvgIpc) is 3.19. The first-order valence-corrected chi connectivity index (χ1v) is 8.30. The lowest BCUT2D eigenvalue weighted by molar-refractivity contribution is -0.0420. The van der Waals surface area contributed by atoms with Crippen LogP contribution in [-0.2, 0) is 4.74 Å². The molecule has 27 heavy (non-hydrogen) atoms. The fraction of sp³-hybridized carbons (Fsp3) is 0.571. The normalized spacial score (nSPS) is 25.2. The molecule has 4 atom stereocenters. The van der Waals surface area contributed by atoms with E-state index in [0.29, 0.717) is 30.8 Å². The number of nitrogens with two attached hydrogens (primary N) is 2. The number of aliphatic hydroxyl groups excluding tert-OH is 2. The van der Waals surface area contributed by atoms with Crippen LogP contribution in [0.15, 0.2) is 12.7 Å². The van der Waals surface area contributed by atoms with Crippen LogP contribution < -0.4 is 22.3 Å². The largest absolute Gasteiger partial charge is 0.387 e. The average molecular weight is 381 g/mol. The fourth-order valence-corrected chi connectivity index (χ4v) is 2.98. The number of amides is 2. The van der Waals surface area contributed by atoms with Crippen molar-refractivity contribution < 1.29 is 19.7 Å². The molecule has 2 unspecified atom stereocenters. The Labute approximate surface area is 154 Å². The van der Waals surface area contributed by atoms with Gasteiger partial charge in [-0.25, -0.2) is 25.6 Å². The van der Waals surface area contributed by atoms with Crippen molar-refractivity contribution in [3.63, 3.8) is 0 Å². The summed E-state index contributed by atoms with van der Waals surface area (Å²) in [5, 5.41) is 23.3. The number of carbonyl (C=O) groups excluding carboxylic acids is 1. The number of imidazole rings is 1. The van der Waals surface area contributed by atoms with Crippen LogP contribution in [0.1, 0.15) is 6.23 Å². The molecule has 0 spiro atoms. The Hall–Kier alpha value is -2.58. The molecule has 2 aromatic heterocycles. The quantitative estimate of drug-likeness (QED) is 0.172. The predicted octanol–water partition coefficient (Wildman–Crippen LogP) is -2.87. The molecule has 3 heterocycles. The minimum absolute atomic E-state index is 0.220. The van der Waals surface area contributed by atoms with E-state index in [4.69, 9.17) is 16.3 Å². The van der Waals surface area contributed by atoms with E-state index in [-0.39, 0.29) is 5.82 Å². The maximum Gasteiger partial charge on any atom is 0.328 e. The molecule has 0 aliphatic carbocycles. The molecule has 13 heteroatoms. The number of rotatable bonds is 6. The number of nitrogens with zero attached hydrogens (tertiary/aromatic N) is 5. The van der Waals surface area contributed by atoms with Crippen LogP contribution in [0.4, 0.5) is 10.6 Å². The van der Waals surface area contributed by atoms with Gasteiger partial charge in [-0.1, -0.05) is 0 Å². The third-order valence-electron chi connectivity index (χ3n) is 4.40. The lowest BCUT2D eigenvalue weighted by atomic mass is 10.1. The van der Waals surface area contributed by atoms with Gasteiger partial charge in [0.25, 0.3) is 0 Å². The predicted molar refractivity (Wildman–Crippen MR) is 93.9 cm³/mol. The molecule has 0 bridgehead atoms. The van der Waals surface area contributed by atoms with E-state index in [1.807, 2.05) is 10.3 Å². The Balaban J connectivity index is 1.65. The highest BCUT2D eigenvalue weighted by Crippen LogP contribution is 2.32. The maximum atomic E-state index is 11.0. The molecule has 2 aromatic rings. The zero-order valence-electron chi connectivity index (χ0n) is 14.7. The molecule has 1 saturated heterocycles. The number of likely N-dealkylation sites (N-methyl/N-ethyl adjacent to an activating group) is 1. The monoisotopic (exact) mass is 381 g/mol. The molecular weight excluding hydrogens is 358 g/mol. The molecule has 0 radical (unpaired) electrons. The molecule has 3 rings (SSSR count). The number of aromatic nitrogens is 4. The summed E-state index contributed by atoms with van der Waals surface area (Å²) in [6.07, 6.45) is -1.04. The van der Waals surface area contributed by atoms with Gasteiger partial charge in [-0.15, -0.1) is 0 Å². The van der Waals surface area contributed by atoms with Crippen molar-refractivity contribution in [2.24, 2.45) is 5.84 Å². The van der Waals surface area contributed by atoms with Gasteiger partial charge in [0.05, 0.1) is 6.33 Å². The first-order valence-electron chi connectivity index (χ1n) is 8.30. The van der Waals surface area contributed by atoms with E-state index < -0.39 is 30.6 Å². The molecule has 8 N–H and O–H groups in total. The Kier molecular flexibility index (Phi) is 5.67.